The van der Waals surface area contributed by atoms with E-state index >= 15 is 0 Å². The highest BCUT2D eigenvalue weighted by atomic mass is 32.2. The van der Waals surface area contributed by atoms with Crippen LogP contribution in [0, 0.1) is 23.2 Å². The molecule has 2 unspecified atom stereocenters. The quantitative estimate of drug-likeness (QED) is 0.503. The fourth-order valence-corrected chi connectivity index (χ4v) is 6.47. The Morgan fingerprint density at radius 3 is 2.56 bits per heavy atom. The number of ether oxygens (including phenoxy) is 2. The number of hydrogen-bond acceptors (Lipinski definition) is 6. The summed E-state index contributed by atoms with van der Waals surface area (Å²) >= 11 is -1.69. The van der Waals surface area contributed by atoms with E-state index < -0.39 is 51.7 Å². The van der Waals surface area contributed by atoms with Crippen molar-refractivity contribution >= 4 is 17.3 Å². The zero-order valence-electron chi connectivity index (χ0n) is 19.2. The van der Waals surface area contributed by atoms with Crippen LogP contribution in [-0.4, -0.2) is 34.6 Å². The molecular weight excluding hydrogens is 438 g/mol. The number of halogens is 2. The van der Waals surface area contributed by atoms with Crippen LogP contribution in [0.1, 0.15) is 64.7 Å². The molecule has 0 aromatic heterocycles. The summed E-state index contributed by atoms with van der Waals surface area (Å²) in [4.78, 5) is 13.6. The van der Waals surface area contributed by atoms with Gasteiger partial charge in [-0.05, 0) is 69.2 Å². The smallest absolute Gasteiger partial charge is 0.345 e. The predicted molar refractivity (Wildman–Crippen MR) is 116 cm³/mol. The average Bonchev–Trinajstić information content (AvgIpc) is 2.96. The van der Waals surface area contributed by atoms with Gasteiger partial charge in [-0.15, -0.1) is 4.72 Å². The van der Waals surface area contributed by atoms with E-state index in [0.29, 0.717) is 17.5 Å². The predicted octanol–water partition coefficient (Wildman–Crippen LogP) is 3.90. The fraction of sp³-hybridized carbons (Fsp3) is 0.652. The SMILES string of the molecule is CCOC(=O)C1(N[S+]([O-])C(C)(C)C)c2cc(C#N)ccc2[C@@]12C[C@@H](C)[C@H](OC(F)F)[C@H]2C. The highest BCUT2D eigenvalue weighted by Crippen LogP contribution is 2.67. The van der Waals surface area contributed by atoms with Crippen LogP contribution in [0.5, 0.6) is 0 Å². The summed E-state index contributed by atoms with van der Waals surface area (Å²) in [7, 11) is 0. The van der Waals surface area contributed by atoms with Crippen molar-refractivity contribution in [1.29, 1.82) is 5.26 Å². The van der Waals surface area contributed by atoms with E-state index in [0.717, 1.165) is 5.56 Å². The average molecular weight is 469 g/mol. The van der Waals surface area contributed by atoms with Gasteiger partial charge in [0, 0.05) is 16.8 Å². The molecule has 9 heteroatoms. The number of nitrogens with one attached hydrogen (secondary N) is 1. The summed E-state index contributed by atoms with van der Waals surface area (Å²) in [6.45, 7) is 7.74. The molecule has 32 heavy (non-hydrogen) atoms. The van der Waals surface area contributed by atoms with Gasteiger partial charge in [-0.25, -0.2) is 4.79 Å². The molecule has 1 aromatic carbocycles. The maximum Gasteiger partial charge on any atom is 0.345 e. The van der Waals surface area contributed by atoms with E-state index in [1.54, 1.807) is 52.8 Å². The van der Waals surface area contributed by atoms with Crippen molar-refractivity contribution in [3.63, 3.8) is 0 Å². The zero-order valence-corrected chi connectivity index (χ0v) is 20.0. The van der Waals surface area contributed by atoms with Crippen molar-refractivity contribution in [3.05, 3.63) is 34.9 Å². The van der Waals surface area contributed by atoms with Gasteiger partial charge in [0.1, 0.15) is 4.75 Å². The number of carbonyl (C=O) groups excluding carboxylic acids is 1. The lowest BCUT2D eigenvalue weighted by molar-refractivity contribution is -0.184. The second-order valence-electron chi connectivity index (χ2n) is 9.63. The molecule has 0 heterocycles. The maximum atomic E-state index is 13.6. The molecule has 1 spiro atoms. The molecule has 3 rings (SSSR count). The van der Waals surface area contributed by atoms with Gasteiger partial charge in [0.25, 0.3) is 0 Å². The van der Waals surface area contributed by atoms with Gasteiger partial charge in [0.05, 0.1) is 24.3 Å². The number of rotatable bonds is 6. The Hall–Kier alpha value is -1.73. The van der Waals surface area contributed by atoms with E-state index in [9.17, 15) is 23.4 Å². The van der Waals surface area contributed by atoms with E-state index in [1.807, 2.05) is 6.92 Å². The van der Waals surface area contributed by atoms with Crippen LogP contribution < -0.4 is 4.72 Å². The monoisotopic (exact) mass is 468 g/mol. The lowest BCUT2D eigenvalue weighted by atomic mass is 9.47. The minimum Gasteiger partial charge on any atom is -0.598 e. The Morgan fingerprint density at radius 1 is 1.38 bits per heavy atom. The number of alkyl halides is 2. The highest BCUT2D eigenvalue weighted by Gasteiger charge is 2.76. The minimum absolute atomic E-state index is 0.0919. The van der Waals surface area contributed by atoms with Crippen LogP contribution in [0.25, 0.3) is 0 Å². The summed E-state index contributed by atoms with van der Waals surface area (Å²) in [5.41, 5.74) is -0.929. The van der Waals surface area contributed by atoms with Crippen LogP contribution in [0.4, 0.5) is 8.78 Å². The normalized spacial score (nSPS) is 32.3. The van der Waals surface area contributed by atoms with E-state index in [-0.39, 0.29) is 12.5 Å². The molecule has 176 valence electrons. The van der Waals surface area contributed by atoms with Crippen molar-refractivity contribution in [1.82, 2.24) is 4.72 Å². The van der Waals surface area contributed by atoms with Crippen LogP contribution in [-0.2, 0) is 36.6 Å². The number of fused-ring (bicyclic) bond motifs is 2. The largest absolute Gasteiger partial charge is 0.598 e. The fourth-order valence-electron chi connectivity index (χ4n) is 5.51. The van der Waals surface area contributed by atoms with Gasteiger partial charge in [0.15, 0.2) is 5.54 Å². The lowest BCUT2D eigenvalue weighted by Gasteiger charge is -2.59. The van der Waals surface area contributed by atoms with Crippen LogP contribution in [0.15, 0.2) is 18.2 Å². The van der Waals surface area contributed by atoms with Gasteiger partial charge in [-0.2, -0.15) is 14.0 Å². The third kappa shape index (κ3) is 3.52. The zero-order chi connectivity index (χ0) is 24.1. The van der Waals surface area contributed by atoms with Crippen molar-refractivity contribution in [2.45, 2.75) is 76.4 Å². The van der Waals surface area contributed by atoms with Crippen molar-refractivity contribution in [2.24, 2.45) is 11.8 Å². The first kappa shape index (κ1) is 24.9. The Labute approximate surface area is 191 Å². The van der Waals surface area contributed by atoms with Gasteiger partial charge < -0.3 is 14.0 Å². The van der Waals surface area contributed by atoms with Crippen molar-refractivity contribution in [3.8, 4) is 6.07 Å². The van der Waals surface area contributed by atoms with Crippen LogP contribution in [0.2, 0.25) is 0 Å². The maximum absolute atomic E-state index is 13.6. The minimum atomic E-state index is -2.95. The molecule has 1 N–H and O–H groups in total. The Kier molecular flexibility index (Phi) is 6.66. The molecule has 1 aromatic rings. The molecule has 0 saturated heterocycles. The van der Waals surface area contributed by atoms with Gasteiger partial charge in [-0.3, -0.25) is 0 Å². The summed E-state index contributed by atoms with van der Waals surface area (Å²) in [5, 5.41) is 9.44. The topological polar surface area (TPSA) is 94.4 Å². The van der Waals surface area contributed by atoms with Crippen molar-refractivity contribution in [2.75, 3.05) is 6.61 Å². The first-order valence-corrected chi connectivity index (χ1v) is 11.9. The number of benzene rings is 1. The number of hydrogen-bond donors (Lipinski definition) is 1. The van der Waals surface area contributed by atoms with Crippen LogP contribution >= 0.6 is 0 Å². The molecule has 0 radical (unpaired) electrons. The van der Waals surface area contributed by atoms with E-state index in [2.05, 4.69) is 10.8 Å². The Morgan fingerprint density at radius 2 is 2.03 bits per heavy atom. The summed E-state index contributed by atoms with van der Waals surface area (Å²) in [6.07, 6.45) is -0.449. The Bertz CT molecular complexity index is 932. The molecule has 6 atom stereocenters. The third-order valence-electron chi connectivity index (χ3n) is 6.82. The third-order valence-corrected chi connectivity index (χ3v) is 8.42. The summed E-state index contributed by atoms with van der Waals surface area (Å²) in [5.74, 6) is -1.43. The molecule has 2 aliphatic rings. The van der Waals surface area contributed by atoms with Gasteiger partial charge in [-0.1, -0.05) is 19.9 Å². The molecule has 6 nitrogen and oxygen atoms in total. The van der Waals surface area contributed by atoms with Gasteiger partial charge >= 0.3 is 12.6 Å². The van der Waals surface area contributed by atoms with Crippen molar-refractivity contribution < 1.29 is 27.6 Å². The second kappa shape index (κ2) is 8.56. The number of nitriles is 1. The Balaban J connectivity index is 2.27. The summed E-state index contributed by atoms with van der Waals surface area (Å²) in [6, 6.07) is 7.09. The number of carbonyl (C=O) groups is 1. The molecule has 0 amide bonds. The van der Waals surface area contributed by atoms with Crippen LogP contribution in [0.3, 0.4) is 0 Å². The summed E-state index contributed by atoms with van der Waals surface area (Å²) < 4.78 is 52.6. The lowest BCUT2D eigenvalue weighted by Crippen LogP contribution is -2.74. The first-order valence-electron chi connectivity index (χ1n) is 10.7. The molecule has 0 aliphatic heterocycles. The molecular formula is C23H30F2N2O4S. The second-order valence-corrected chi connectivity index (χ2v) is 11.6. The van der Waals surface area contributed by atoms with Gasteiger partial charge in [0.2, 0.25) is 0 Å². The molecule has 2 aliphatic carbocycles. The molecule has 1 saturated carbocycles. The van der Waals surface area contributed by atoms with E-state index in [4.69, 9.17) is 9.47 Å². The number of nitrogens with zero attached hydrogens (tertiary/aromatic N) is 1. The highest BCUT2D eigenvalue weighted by molar-refractivity contribution is 7.90. The first-order chi connectivity index (χ1) is 14.9. The standard InChI is InChI=1S/C23H30F2N2O4S/c1-7-30-19(28)23(27-32(29)21(4,5)6)17-10-15(12-26)8-9-16(17)22(23)11-13(2)18(14(22)3)31-20(24)25/h8-10,13-14,18,20,27H,7,11H2,1-6H3/t13-,14-,18+,22+,23?,32?/m1/s1. The molecule has 1 fully saturated rings. The number of esters is 1. The van der Waals surface area contributed by atoms with E-state index in [1.165, 1.54) is 0 Å². The molecule has 0 bridgehead atoms.